The van der Waals surface area contributed by atoms with Crippen molar-refractivity contribution in [3.8, 4) is 22.5 Å². The molecular formula is C38H34N6O5S2. The summed E-state index contributed by atoms with van der Waals surface area (Å²) in [6, 6.07) is 27.4. The number of amides is 2. The second kappa shape index (κ2) is 13.4. The smallest absolute Gasteiger partial charge is 0.409 e. The fraction of sp³-hybridized carbons (Fsp3) is 0.211. The van der Waals surface area contributed by atoms with Crippen LogP contribution in [0.15, 0.2) is 113 Å². The molecule has 6 aromatic rings. The van der Waals surface area contributed by atoms with E-state index >= 15 is 0 Å². The molecule has 51 heavy (non-hydrogen) atoms. The third-order valence-electron chi connectivity index (χ3n) is 9.54. The number of nitrogens with one attached hydrogen (secondary N) is 1. The summed E-state index contributed by atoms with van der Waals surface area (Å²) in [7, 11) is -4.03. The standard InChI is InChI=1S/C38H34N6O5S2/c1-2-43-33-16-15-26(21-32(33)41-36(43)25-9-7-17-39-22-25)40-37(45)34-23-42(18-19-44(34)51(47,48)35-14-8-20-50-35)38(46)49-24-31-29-12-5-3-10-27(29)28-11-4-6-13-30(28)31/h3-17,20-22,31,34H,2,18-19,23-24H2,1H3,(H,40,45). The molecule has 0 radical (unpaired) electrons. The summed E-state index contributed by atoms with van der Waals surface area (Å²) in [6.07, 6.45) is 2.86. The minimum absolute atomic E-state index is 0.0720. The van der Waals surface area contributed by atoms with E-state index in [2.05, 4.69) is 27.0 Å². The van der Waals surface area contributed by atoms with E-state index in [1.165, 1.54) is 15.3 Å². The second-order valence-corrected chi connectivity index (χ2v) is 15.5. The number of rotatable bonds is 8. The van der Waals surface area contributed by atoms with E-state index in [0.717, 1.165) is 50.5 Å². The van der Waals surface area contributed by atoms with Crippen LogP contribution in [0.3, 0.4) is 0 Å². The number of aryl methyl sites for hydroxylation is 1. The van der Waals surface area contributed by atoms with Crippen LogP contribution in [0.2, 0.25) is 0 Å². The zero-order chi connectivity index (χ0) is 35.1. The molecule has 2 amide bonds. The largest absolute Gasteiger partial charge is 0.448 e. The minimum atomic E-state index is -4.03. The summed E-state index contributed by atoms with van der Waals surface area (Å²) in [5.74, 6) is 0.0575. The van der Waals surface area contributed by atoms with Crippen LogP contribution in [0.1, 0.15) is 24.0 Å². The summed E-state index contributed by atoms with van der Waals surface area (Å²) < 4.78 is 36.9. The number of aromatic nitrogens is 3. The van der Waals surface area contributed by atoms with E-state index in [9.17, 15) is 18.0 Å². The van der Waals surface area contributed by atoms with Gasteiger partial charge in [0.1, 0.15) is 22.7 Å². The zero-order valence-electron chi connectivity index (χ0n) is 27.7. The first kappa shape index (κ1) is 32.8. The molecular weight excluding hydrogens is 685 g/mol. The van der Waals surface area contributed by atoms with E-state index in [4.69, 9.17) is 9.72 Å². The Morgan fingerprint density at radius 2 is 1.71 bits per heavy atom. The van der Waals surface area contributed by atoms with Gasteiger partial charge < -0.3 is 19.5 Å². The van der Waals surface area contributed by atoms with Gasteiger partial charge in [-0.2, -0.15) is 4.31 Å². The minimum Gasteiger partial charge on any atom is -0.448 e. The normalized spacial score (nSPS) is 16.2. The Hall–Kier alpha value is -5.37. The quantitative estimate of drug-likeness (QED) is 0.192. The number of thiophene rings is 1. The van der Waals surface area contributed by atoms with Crippen LogP contribution in [0.25, 0.3) is 33.5 Å². The summed E-state index contributed by atoms with van der Waals surface area (Å²) in [5, 5.41) is 4.59. The van der Waals surface area contributed by atoms with E-state index in [0.29, 0.717) is 17.7 Å². The molecule has 3 aromatic carbocycles. The molecule has 0 saturated carbocycles. The highest BCUT2D eigenvalue weighted by Gasteiger charge is 2.42. The molecule has 11 nitrogen and oxygen atoms in total. The van der Waals surface area contributed by atoms with Gasteiger partial charge in [0.25, 0.3) is 10.0 Å². The number of sulfonamides is 1. The summed E-state index contributed by atoms with van der Waals surface area (Å²) in [4.78, 5) is 38.2. The average molecular weight is 719 g/mol. The van der Waals surface area contributed by atoms with Crippen molar-refractivity contribution < 1.29 is 22.7 Å². The monoisotopic (exact) mass is 718 g/mol. The highest BCUT2D eigenvalue weighted by atomic mass is 32.2. The van der Waals surface area contributed by atoms with Gasteiger partial charge >= 0.3 is 6.09 Å². The molecule has 1 unspecified atom stereocenters. The third kappa shape index (κ3) is 5.96. The van der Waals surface area contributed by atoms with Crippen LogP contribution >= 0.6 is 11.3 Å². The molecule has 1 N–H and O–H groups in total. The molecule has 258 valence electrons. The molecule has 3 aromatic heterocycles. The van der Waals surface area contributed by atoms with E-state index in [1.807, 2.05) is 61.5 Å². The lowest BCUT2D eigenvalue weighted by Gasteiger charge is -2.38. The van der Waals surface area contributed by atoms with Crippen molar-refractivity contribution in [2.24, 2.45) is 0 Å². The van der Waals surface area contributed by atoms with Crippen molar-refractivity contribution >= 4 is 50.1 Å². The van der Waals surface area contributed by atoms with E-state index in [-0.39, 0.29) is 36.4 Å². The number of ether oxygens (including phenoxy) is 1. The predicted molar refractivity (Wildman–Crippen MR) is 196 cm³/mol. The lowest BCUT2D eigenvalue weighted by Crippen LogP contribution is -2.60. The summed E-state index contributed by atoms with van der Waals surface area (Å²) in [6.45, 7) is 2.65. The maximum absolute atomic E-state index is 14.1. The van der Waals surface area contributed by atoms with Crippen molar-refractivity contribution in [2.75, 3.05) is 31.6 Å². The number of fused-ring (bicyclic) bond motifs is 4. The van der Waals surface area contributed by atoms with Gasteiger partial charge in [-0.25, -0.2) is 18.2 Å². The fourth-order valence-electron chi connectivity index (χ4n) is 7.11. The first-order chi connectivity index (χ1) is 24.8. The molecule has 8 rings (SSSR count). The van der Waals surface area contributed by atoms with Gasteiger partial charge in [-0.15, -0.1) is 11.3 Å². The highest BCUT2D eigenvalue weighted by Crippen LogP contribution is 2.44. The number of imidazole rings is 1. The maximum Gasteiger partial charge on any atom is 0.409 e. The highest BCUT2D eigenvalue weighted by molar-refractivity contribution is 7.91. The molecule has 2 aliphatic rings. The van der Waals surface area contributed by atoms with Crippen LogP contribution in [-0.4, -0.2) is 76.4 Å². The van der Waals surface area contributed by atoms with Gasteiger partial charge in [0.2, 0.25) is 5.91 Å². The van der Waals surface area contributed by atoms with E-state index < -0.39 is 28.1 Å². The number of piperazine rings is 1. The Bertz CT molecular complexity index is 2320. The molecule has 4 heterocycles. The molecule has 0 spiro atoms. The third-order valence-corrected chi connectivity index (χ3v) is 12.8. The predicted octanol–water partition coefficient (Wildman–Crippen LogP) is 6.44. The molecule has 1 atom stereocenters. The van der Waals surface area contributed by atoms with Crippen molar-refractivity contribution in [3.05, 3.63) is 120 Å². The number of benzene rings is 3. The Morgan fingerprint density at radius 3 is 2.39 bits per heavy atom. The number of pyridine rings is 1. The fourth-order valence-corrected chi connectivity index (χ4v) is 9.80. The molecule has 1 saturated heterocycles. The zero-order valence-corrected chi connectivity index (χ0v) is 29.3. The van der Waals surface area contributed by atoms with Crippen LogP contribution < -0.4 is 5.32 Å². The number of hydrogen-bond acceptors (Lipinski definition) is 8. The first-order valence-corrected chi connectivity index (χ1v) is 19.0. The average Bonchev–Trinajstić information content (AvgIpc) is 3.91. The van der Waals surface area contributed by atoms with Crippen molar-refractivity contribution in [1.29, 1.82) is 0 Å². The van der Waals surface area contributed by atoms with Gasteiger partial charge in [-0.3, -0.25) is 9.78 Å². The lowest BCUT2D eigenvalue weighted by molar-refractivity contribution is -0.121. The Balaban J connectivity index is 1.04. The Kier molecular flexibility index (Phi) is 8.62. The van der Waals surface area contributed by atoms with E-state index in [1.54, 1.807) is 36.0 Å². The first-order valence-electron chi connectivity index (χ1n) is 16.7. The van der Waals surface area contributed by atoms with Crippen LogP contribution in [-0.2, 0) is 26.1 Å². The number of hydrogen-bond donors (Lipinski definition) is 1. The number of nitrogens with zero attached hydrogens (tertiary/aromatic N) is 5. The molecule has 0 bridgehead atoms. The van der Waals surface area contributed by atoms with Gasteiger partial charge in [0.15, 0.2) is 0 Å². The summed E-state index contributed by atoms with van der Waals surface area (Å²) in [5.41, 5.74) is 7.28. The molecule has 1 aliphatic carbocycles. The van der Waals surface area contributed by atoms with Crippen molar-refractivity contribution in [1.82, 2.24) is 23.7 Å². The van der Waals surface area contributed by atoms with Crippen molar-refractivity contribution in [3.63, 3.8) is 0 Å². The molecule has 1 fully saturated rings. The van der Waals surface area contributed by atoms with Crippen LogP contribution in [0, 0.1) is 0 Å². The maximum atomic E-state index is 14.1. The van der Waals surface area contributed by atoms with Gasteiger partial charge in [0.05, 0.1) is 11.0 Å². The van der Waals surface area contributed by atoms with Crippen LogP contribution in [0.4, 0.5) is 10.5 Å². The van der Waals surface area contributed by atoms with Gasteiger partial charge in [-0.05, 0) is 71.0 Å². The van der Waals surface area contributed by atoms with Gasteiger partial charge in [0, 0.05) is 55.7 Å². The van der Waals surface area contributed by atoms with Gasteiger partial charge in [-0.1, -0.05) is 54.6 Å². The second-order valence-electron chi connectivity index (χ2n) is 12.4. The number of carbonyl (C=O) groups excluding carboxylic acids is 2. The Labute approximate surface area is 299 Å². The lowest BCUT2D eigenvalue weighted by atomic mass is 9.98. The van der Waals surface area contributed by atoms with Crippen LogP contribution in [0.5, 0.6) is 0 Å². The Morgan fingerprint density at radius 1 is 0.941 bits per heavy atom. The molecule has 13 heteroatoms. The number of anilines is 1. The number of carbonyl (C=O) groups is 2. The topological polar surface area (TPSA) is 127 Å². The van der Waals surface area contributed by atoms with Crippen molar-refractivity contribution in [2.45, 2.75) is 29.6 Å². The molecule has 1 aliphatic heterocycles. The SMILES string of the molecule is CCn1c(-c2cccnc2)nc2cc(NC(=O)C3CN(C(=O)OCC4c5ccccc5-c5ccccc54)CCN3S(=O)(=O)c3cccs3)ccc21. The summed E-state index contributed by atoms with van der Waals surface area (Å²) >= 11 is 1.08.